The molecule has 4 heterocycles. The summed E-state index contributed by atoms with van der Waals surface area (Å²) in [5, 5.41) is 3.42. The van der Waals surface area contributed by atoms with Gasteiger partial charge >= 0.3 is 0 Å². The second kappa shape index (κ2) is 7.41. The number of rotatable bonds is 5. The van der Waals surface area contributed by atoms with Crippen LogP contribution in [0.5, 0.6) is 0 Å². The summed E-state index contributed by atoms with van der Waals surface area (Å²) >= 11 is 0. The van der Waals surface area contributed by atoms with Crippen LogP contribution in [0.4, 0.5) is 23.4 Å². The maximum Gasteiger partial charge on any atom is 0.223 e. The van der Waals surface area contributed by atoms with Gasteiger partial charge in [-0.2, -0.15) is 9.97 Å². The third-order valence-corrected chi connectivity index (χ3v) is 6.00. The highest BCUT2D eigenvalue weighted by atomic mass is 15.2. The van der Waals surface area contributed by atoms with E-state index in [0.717, 1.165) is 56.5 Å². The molecule has 2 aromatic rings. The van der Waals surface area contributed by atoms with E-state index in [1.807, 2.05) is 6.07 Å². The van der Waals surface area contributed by atoms with Crippen LogP contribution in [0.15, 0.2) is 18.5 Å². The van der Waals surface area contributed by atoms with Gasteiger partial charge in [0.25, 0.3) is 0 Å². The quantitative estimate of drug-likeness (QED) is 0.816. The Morgan fingerprint density at radius 1 is 0.857 bits per heavy atom. The van der Waals surface area contributed by atoms with E-state index in [-0.39, 0.29) is 0 Å². The molecule has 2 saturated heterocycles. The van der Waals surface area contributed by atoms with Crippen LogP contribution < -0.4 is 20.9 Å². The molecule has 8 heteroatoms. The molecule has 0 unspecified atom stereocenters. The molecule has 2 aromatic heterocycles. The summed E-state index contributed by atoms with van der Waals surface area (Å²) in [5.74, 6) is 3.68. The normalized spacial score (nSPS) is 20.6. The van der Waals surface area contributed by atoms with Crippen LogP contribution in [0.2, 0.25) is 0 Å². The molecule has 0 bridgehead atoms. The van der Waals surface area contributed by atoms with Crippen LogP contribution >= 0.6 is 0 Å². The van der Waals surface area contributed by atoms with Crippen molar-refractivity contribution in [1.82, 2.24) is 19.9 Å². The molecule has 3 fully saturated rings. The minimum absolute atomic E-state index is 0.342. The van der Waals surface area contributed by atoms with Crippen LogP contribution in [-0.2, 0) is 0 Å². The Morgan fingerprint density at radius 3 is 2.36 bits per heavy atom. The molecule has 0 atom stereocenters. The minimum Gasteiger partial charge on any atom is -0.368 e. The average molecular weight is 381 g/mol. The van der Waals surface area contributed by atoms with Gasteiger partial charge in [0, 0.05) is 56.0 Å². The zero-order valence-electron chi connectivity index (χ0n) is 16.2. The number of hydrogen-bond acceptors (Lipinski definition) is 8. The van der Waals surface area contributed by atoms with Gasteiger partial charge in [-0.1, -0.05) is 0 Å². The molecule has 1 saturated carbocycles. The summed E-state index contributed by atoms with van der Waals surface area (Å²) in [6, 6.07) is 4.78. The van der Waals surface area contributed by atoms with E-state index >= 15 is 0 Å². The number of aromatic nitrogens is 4. The lowest BCUT2D eigenvalue weighted by atomic mass is 9.93. The Hall–Kier alpha value is -2.64. The predicted molar refractivity (Wildman–Crippen MR) is 111 cm³/mol. The fraction of sp³-hybridized carbons (Fsp3) is 0.600. The van der Waals surface area contributed by atoms with Crippen molar-refractivity contribution in [2.75, 3.05) is 47.0 Å². The zero-order valence-corrected chi connectivity index (χ0v) is 16.2. The molecule has 0 radical (unpaired) electrons. The SMILES string of the molecule is Nc1nc(NC2CC2)cc(N2CCC(c3cc(N4CCCC4)ncn3)CC2)n1. The Kier molecular flexibility index (Phi) is 4.62. The molecule has 28 heavy (non-hydrogen) atoms. The predicted octanol–water partition coefficient (Wildman–Crippen LogP) is 2.41. The summed E-state index contributed by atoms with van der Waals surface area (Å²) in [4.78, 5) is 22.6. The lowest BCUT2D eigenvalue weighted by Crippen LogP contribution is -2.34. The van der Waals surface area contributed by atoms with Crippen LogP contribution in [0.3, 0.4) is 0 Å². The largest absolute Gasteiger partial charge is 0.368 e. The van der Waals surface area contributed by atoms with E-state index in [9.17, 15) is 0 Å². The van der Waals surface area contributed by atoms with Crippen molar-refractivity contribution in [2.45, 2.75) is 50.5 Å². The van der Waals surface area contributed by atoms with Crippen molar-refractivity contribution in [3.63, 3.8) is 0 Å². The van der Waals surface area contributed by atoms with Crippen molar-refractivity contribution in [3.05, 3.63) is 24.2 Å². The first kappa shape index (κ1) is 17.5. The summed E-state index contributed by atoms with van der Waals surface area (Å²) in [6.45, 7) is 4.13. The summed E-state index contributed by atoms with van der Waals surface area (Å²) in [5.41, 5.74) is 7.12. The average Bonchev–Trinajstić information content (AvgIpc) is 3.36. The Morgan fingerprint density at radius 2 is 1.61 bits per heavy atom. The highest BCUT2D eigenvalue weighted by Crippen LogP contribution is 2.32. The van der Waals surface area contributed by atoms with Gasteiger partial charge in [-0.15, -0.1) is 0 Å². The third kappa shape index (κ3) is 3.81. The smallest absolute Gasteiger partial charge is 0.223 e. The molecule has 8 nitrogen and oxygen atoms in total. The summed E-state index contributed by atoms with van der Waals surface area (Å²) in [6.07, 6.45) is 8.80. The van der Waals surface area contributed by atoms with E-state index in [1.165, 1.54) is 31.4 Å². The van der Waals surface area contributed by atoms with E-state index in [4.69, 9.17) is 5.73 Å². The molecule has 3 aliphatic rings. The van der Waals surface area contributed by atoms with Crippen LogP contribution in [0.1, 0.15) is 50.1 Å². The zero-order chi connectivity index (χ0) is 18.9. The van der Waals surface area contributed by atoms with Gasteiger partial charge in [0.15, 0.2) is 0 Å². The van der Waals surface area contributed by atoms with Gasteiger partial charge in [0.2, 0.25) is 5.95 Å². The third-order valence-electron chi connectivity index (χ3n) is 6.00. The molecule has 0 amide bonds. The number of nitrogen functional groups attached to an aromatic ring is 1. The first-order valence-electron chi connectivity index (χ1n) is 10.5. The van der Waals surface area contributed by atoms with E-state index in [1.54, 1.807) is 6.33 Å². The van der Waals surface area contributed by atoms with Crippen LogP contribution in [-0.4, -0.2) is 52.2 Å². The Balaban J connectivity index is 1.25. The molecule has 2 aliphatic heterocycles. The van der Waals surface area contributed by atoms with Crippen molar-refractivity contribution in [1.29, 1.82) is 0 Å². The second-order valence-electron chi connectivity index (χ2n) is 8.14. The lowest BCUT2D eigenvalue weighted by molar-refractivity contribution is 0.493. The van der Waals surface area contributed by atoms with Gasteiger partial charge in [0.1, 0.15) is 23.8 Å². The highest BCUT2D eigenvalue weighted by Gasteiger charge is 2.26. The number of piperidine rings is 1. The Labute approximate surface area is 165 Å². The molecule has 148 valence electrons. The van der Waals surface area contributed by atoms with Gasteiger partial charge in [-0.25, -0.2) is 9.97 Å². The summed E-state index contributed by atoms with van der Waals surface area (Å²) in [7, 11) is 0. The fourth-order valence-corrected chi connectivity index (χ4v) is 4.23. The lowest BCUT2D eigenvalue weighted by Gasteiger charge is -2.33. The molecule has 3 N–H and O–H groups in total. The number of anilines is 4. The molecule has 0 aromatic carbocycles. The number of hydrogen-bond donors (Lipinski definition) is 2. The second-order valence-corrected chi connectivity index (χ2v) is 8.14. The van der Waals surface area contributed by atoms with Crippen molar-refractivity contribution in [3.8, 4) is 0 Å². The van der Waals surface area contributed by atoms with Crippen molar-refractivity contribution < 1.29 is 0 Å². The standard InChI is InChI=1S/C20H28N8/c21-20-25-17(24-15-3-4-15)12-19(26-20)28-9-5-14(6-10-28)16-11-18(23-13-22-16)27-7-1-2-8-27/h11-15H,1-10H2,(H3,21,24,25,26). The van der Waals surface area contributed by atoms with Gasteiger partial charge in [0.05, 0.1) is 0 Å². The van der Waals surface area contributed by atoms with Crippen molar-refractivity contribution in [2.24, 2.45) is 0 Å². The highest BCUT2D eigenvalue weighted by molar-refractivity contribution is 5.54. The minimum atomic E-state index is 0.342. The maximum absolute atomic E-state index is 5.95. The van der Waals surface area contributed by atoms with Gasteiger partial charge in [-0.05, 0) is 38.5 Å². The summed E-state index contributed by atoms with van der Waals surface area (Å²) < 4.78 is 0. The monoisotopic (exact) mass is 380 g/mol. The number of nitrogens with two attached hydrogens (primary N) is 1. The van der Waals surface area contributed by atoms with Crippen molar-refractivity contribution >= 4 is 23.4 Å². The molecule has 0 spiro atoms. The van der Waals surface area contributed by atoms with Gasteiger partial charge in [-0.3, -0.25) is 0 Å². The molecular weight excluding hydrogens is 352 g/mol. The first-order chi connectivity index (χ1) is 13.7. The van der Waals surface area contributed by atoms with E-state index < -0.39 is 0 Å². The topological polar surface area (TPSA) is 96.1 Å². The molecule has 1 aliphatic carbocycles. The molecular formula is C20H28N8. The van der Waals surface area contributed by atoms with Crippen LogP contribution in [0, 0.1) is 0 Å². The van der Waals surface area contributed by atoms with E-state index in [0.29, 0.717) is 17.9 Å². The maximum atomic E-state index is 5.95. The fourth-order valence-electron chi connectivity index (χ4n) is 4.23. The van der Waals surface area contributed by atoms with Gasteiger partial charge < -0.3 is 20.9 Å². The van der Waals surface area contributed by atoms with E-state index in [2.05, 4.69) is 41.1 Å². The first-order valence-corrected chi connectivity index (χ1v) is 10.5. The van der Waals surface area contributed by atoms with Crippen LogP contribution in [0.25, 0.3) is 0 Å². The molecule has 5 rings (SSSR count). The Bertz CT molecular complexity index is 823. The number of nitrogens with zero attached hydrogens (tertiary/aromatic N) is 6. The number of nitrogens with one attached hydrogen (secondary N) is 1.